The predicted molar refractivity (Wildman–Crippen MR) is 106 cm³/mol. The summed E-state index contributed by atoms with van der Waals surface area (Å²) in [7, 11) is 0. The minimum atomic E-state index is -2.35. The first kappa shape index (κ1) is 18.8. The Kier molecular flexibility index (Phi) is 7.88. The maximum atomic E-state index is 4.46. The Morgan fingerprint density at radius 1 is 0.826 bits per heavy atom. The van der Waals surface area contributed by atoms with Crippen LogP contribution < -0.4 is 3.58 Å². The number of rotatable bonds is 10. The molecule has 2 rings (SSSR count). The fourth-order valence-electron chi connectivity index (χ4n) is 3.90. The zero-order valence-electron chi connectivity index (χ0n) is 15.3. The number of pyridine rings is 1. The van der Waals surface area contributed by atoms with Gasteiger partial charge >= 0.3 is 147 Å². The molecule has 0 saturated heterocycles. The monoisotopic (exact) mass is 419 g/mol. The molecule has 0 amide bonds. The molecule has 0 fully saturated rings. The Bertz CT molecular complexity index is 566. The first-order valence-corrected chi connectivity index (χ1v) is 17.1. The van der Waals surface area contributed by atoms with Crippen molar-refractivity contribution in [1.82, 2.24) is 4.98 Å². The van der Waals surface area contributed by atoms with E-state index < -0.39 is 18.4 Å². The molecule has 2 aromatic rings. The zero-order chi connectivity index (χ0) is 16.5. The summed E-state index contributed by atoms with van der Waals surface area (Å²) in [6, 6.07) is 9.22. The maximum absolute atomic E-state index is 4.46. The fourth-order valence-corrected chi connectivity index (χ4v) is 20.7. The third-order valence-corrected chi connectivity index (χ3v) is 21.0. The summed E-state index contributed by atoms with van der Waals surface area (Å²) < 4.78 is 6.35. The Morgan fingerprint density at radius 2 is 1.43 bits per heavy atom. The van der Waals surface area contributed by atoms with E-state index in [2.05, 4.69) is 56.2 Å². The Balaban J connectivity index is 2.51. The average Bonchev–Trinajstić information content (AvgIpc) is 2.61. The molecule has 0 spiro atoms. The molecule has 1 aromatic heterocycles. The second-order valence-electron chi connectivity index (χ2n) is 6.99. The summed E-state index contributed by atoms with van der Waals surface area (Å²) in [5.74, 6) is 0. The van der Waals surface area contributed by atoms with Gasteiger partial charge in [-0.2, -0.15) is 0 Å². The number of nitrogens with zero attached hydrogens (tertiary/aromatic N) is 1. The minimum absolute atomic E-state index is 1.33. The van der Waals surface area contributed by atoms with Gasteiger partial charge in [0.25, 0.3) is 0 Å². The van der Waals surface area contributed by atoms with Crippen LogP contribution in [0.4, 0.5) is 0 Å². The summed E-state index contributed by atoms with van der Waals surface area (Å²) in [5.41, 5.74) is 0. The molecule has 0 bridgehead atoms. The van der Waals surface area contributed by atoms with E-state index in [-0.39, 0.29) is 0 Å². The van der Waals surface area contributed by atoms with Gasteiger partial charge in [-0.05, 0) is 0 Å². The summed E-state index contributed by atoms with van der Waals surface area (Å²) in [6.45, 7) is 7.04. The SMILES string of the molecule is CCC[CH2][Sn]([CH2]CCC)([CH2]CCC)[c]1cccc2ccncc12. The van der Waals surface area contributed by atoms with E-state index in [9.17, 15) is 0 Å². The number of benzene rings is 1. The number of hydrogen-bond acceptors (Lipinski definition) is 1. The molecule has 0 saturated carbocycles. The van der Waals surface area contributed by atoms with Crippen LogP contribution in [0.15, 0.2) is 36.7 Å². The second kappa shape index (κ2) is 9.66. The number of aromatic nitrogens is 1. The topological polar surface area (TPSA) is 12.9 Å². The first-order chi connectivity index (χ1) is 11.3. The standard InChI is InChI=1S/C9H6N.3C4H9.Sn/c1-2-4-9-7-10-6-5-8(9)3-1;3*1-3-4-2;/h1-3,5-7H;3*1,3-4H2,2H3;. The van der Waals surface area contributed by atoms with Gasteiger partial charge in [0.2, 0.25) is 0 Å². The van der Waals surface area contributed by atoms with Crippen LogP contribution in [0.1, 0.15) is 59.3 Å². The van der Waals surface area contributed by atoms with Gasteiger partial charge in [-0.15, -0.1) is 0 Å². The molecule has 0 atom stereocenters. The van der Waals surface area contributed by atoms with Gasteiger partial charge in [-0.3, -0.25) is 0 Å². The second-order valence-corrected chi connectivity index (χ2v) is 20.1. The van der Waals surface area contributed by atoms with Gasteiger partial charge in [0, 0.05) is 0 Å². The molecule has 0 unspecified atom stereocenters. The molecule has 0 aliphatic rings. The van der Waals surface area contributed by atoms with Crippen LogP contribution in [0.2, 0.25) is 13.3 Å². The van der Waals surface area contributed by atoms with E-state index in [1.54, 1.807) is 3.58 Å². The van der Waals surface area contributed by atoms with E-state index in [0.29, 0.717) is 0 Å². The summed E-state index contributed by atoms with van der Waals surface area (Å²) in [6.07, 6.45) is 12.3. The van der Waals surface area contributed by atoms with Crippen molar-refractivity contribution in [2.45, 2.75) is 72.6 Å². The van der Waals surface area contributed by atoms with Gasteiger partial charge in [-0.25, -0.2) is 0 Å². The Labute approximate surface area is 146 Å². The molecule has 23 heavy (non-hydrogen) atoms. The van der Waals surface area contributed by atoms with Crippen LogP contribution in [0.5, 0.6) is 0 Å². The van der Waals surface area contributed by atoms with Crippen molar-refractivity contribution < 1.29 is 0 Å². The van der Waals surface area contributed by atoms with Gasteiger partial charge in [0.1, 0.15) is 0 Å². The van der Waals surface area contributed by atoms with Crippen LogP contribution in [-0.2, 0) is 0 Å². The van der Waals surface area contributed by atoms with E-state index >= 15 is 0 Å². The van der Waals surface area contributed by atoms with Crippen LogP contribution in [0, 0.1) is 0 Å². The molecular weight excluding hydrogens is 385 g/mol. The molecule has 1 aromatic carbocycles. The quantitative estimate of drug-likeness (QED) is 0.414. The fraction of sp³-hybridized carbons (Fsp3) is 0.571. The summed E-state index contributed by atoms with van der Waals surface area (Å²) >= 11 is -2.35. The van der Waals surface area contributed by atoms with E-state index in [1.165, 1.54) is 62.6 Å². The van der Waals surface area contributed by atoms with Crippen LogP contribution in [0.3, 0.4) is 0 Å². The van der Waals surface area contributed by atoms with E-state index in [4.69, 9.17) is 0 Å². The molecule has 126 valence electrons. The molecule has 0 N–H and O–H groups in total. The molecule has 1 heterocycles. The summed E-state index contributed by atoms with van der Waals surface area (Å²) in [4.78, 5) is 4.46. The number of hydrogen-bond donors (Lipinski definition) is 0. The molecule has 0 aliphatic carbocycles. The third-order valence-electron chi connectivity index (χ3n) is 5.28. The van der Waals surface area contributed by atoms with E-state index in [1.807, 2.05) is 6.20 Å². The van der Waals surface area contributed by atoms with Crippen LogP contribution >= 0.6 is 0 Å². The predicted octanol–water partition coefficient (Wildman–Crippen LogP) is 6.29. The van der Waals surface area contributed by atoms with Gasteiger partial charge < -0.3 is 0 Å². The van der Waals surface area contributed by atoms with Gasteiger partial charge in [0.05, 0.1) is 0 Å². The average molecular weight is 418 g/mol. The van der Waals surface area contributed by atoms with Crippen molar-refractivity contribution >= 4 is 32.7 Å². The van der Waals surface area contributed by atoms with Crippen molar-refractivity contribution in [1.29, 1.82) is 0 Å². The van der Waals surface area contributed by atoms with Crippen molar-refractivity contribution in [3.8, 4) is 0 Å². The van der Waals surface area contributed by atoms with Crippen LogP contribution in [0.25, 0.3) is 10.8 Å². The van der Waals surface area contributed by atoms with Crippen molar-refractivity contribution in [2.75, 3.05) is 0 Å². The van der Waals surface area contributed by atoms with E-state index in [0.717, 1.165) is 0 Å². The van der Waals surface area contributed by atoms with Crippen molar-refractivity contribution in [3.05, 3.63) is 36.7 Å². The normalized spacial score (nSPS) is 12.0. The molecule has 2 heteroatoms. The molecule has 0 radical (unpaired) electrons. The summed E-state index contributed by atoms with van der Waals surface area (Å²) in [5, 5.41) is 2.86. The molecule has 1 nitrogen and oxygen atoms in total. The molecule has 0 aliphatic heterocycles. The number of unbranched alkanes of at least 4 members (excludes halogenated alkanes) is 3. The Hall–Kier alpha value is -0.571. The third kappa shape index (κ3) is 4.71. The van der Waals surface area contributed by atoms with Gasteiger partial charge in [-0.1, -0.05) is 0 Å². The zero-order valence-corrected chi connectivity index (χ0v) is 18.1. The van der Waals surface area contributed by atoms with Gasteiger partial charge in [0.15, 0.2) is 0 Å². The molecular formula is C21H33NSn. The van der Waals surface area contributed by atoms with Crippen molar-refractivity contribution in [3.63, 3.8) is 0 Å². The van der Waals surface area contributed by atoms with Crippen molar-refractivity contribution in [2.24, 2.45) is 0 Å². The number of fused-ring (bicyclic) bond motifs is 1. The first-order valence-electron chi connectivity index (χ1n) is 9.60. The van der Waals surface area contributed by atoms with Crippen LogP contribution in [-0.4, -0.2) is 23.4 Å². The Morgan fingerprint density at radius 3 is 2.00 bits per heavy atom.